The van der Waals surface area contributed by atoms with Gasteiger partial charge in [0, 0.05) is 25.2 Å². The molecule has 15 heavy (non-hydrogen) atoms. The number of esters is 1. The monoisotopic (exact) mass is 208 g/mol. The molecular weight excluding hydrogens is 192 g/mol. The van der Waals surface area contributed by atoms with Crippen LogP contribution in [0.15, 0.2) is 0 Å². The van der Waals surface area contributed by atoms with E-state index in [1.54, 1.807) is 0 Å². The molecule has 1 saturated carbocycles. The summed E-state index contributed by atoms with van der Waals surface area (Å²) in [4.78, 5) is 22.4. The van der Waals surface area contributed by atoms with Gasteiger partial charge in [0.1, 0.15) is 5.78 Å². The number of Topliss-reactive ketones (excluding diaryl/α,β-unsaturated/α-hetero) is 1. The maximum absolute atomic E-state index is 11.5. The highest BCUT2D eigenvalue weighted by molar-refractivity contribution is 5.83. The molecule has 3 nitrogen and oxygen atoms in total. The Morgan fingerprint density at radius 3 is 3.00 bits per heavy atom. The van der Waals surface area contributed by atoms with Crippen LogP contribution in [0.2, 0.25) is 0 Å². The minimum absolute atomic E-state index is 0.0281. The lowest BCUT2D eigenvalue weighted by Crippen LogP contribution is -2.15. The lowest BCUT2D eigenvalue weighted by molar-refractivity contribution is -0.141. The zero-order chi connectivity index (χ0) is 11.3. The van der Waals surface area contributed by atoms with Crippen molar-refractivity contribution in [1.82, 2.24) is 0 Å². The molecule has 0 amide bonds. The average Bonchev–Trinajstić information content (AvgIpc) is 2.58. The van der Waals surface area contributed by atoms with E-state index in [2.05, 4.69) is 10.7 Å². The molecule has 1 aliphatic rings. The number of ether oxygens (including phenoxy) is 1. The van der Waals surface area contributed by atoms with Gasteiger partial charge in [-0.25, -0.2) is 0 Å². The molecule has 0 aromatic heterocycles. The van der Waals surface area contributed by atoms with E-state index in [1.807, 2.05) is 0 Å². The standard InChI is InChI=1S/C12H16O3/c1-3-4-10-9(5-7-11(10)13)6-8-12(14)15-2/h1,9-10H,4-8H2,2H3. The lowest BCUT2D eigenvalue weighted by Gasteiger charge is -2.14. The number of terminal acetylenes is 1. The molecule has 0 bridgehead atoms. The molecule has 1 fully saturated rings. The van der Waals surface area contributed by atoms with Crippen molar-refractivity contribution in [2.24, 2.45) is 11.8 Å². The van der Waals surface area contributed by atoms with E-state index in [9.17, 15) is 9.59 Å². The largest absolute Gasteiger partial charge is 0.469 e. The molecule has 0 saturated heterocycles. The first kappa shape index (κ1) is 11.8. The molecule has 0 aromatic carbocycles. The zero-order valence-corrected chi connectivity index (χ0v) is 8.99. The minimum atomic E-state index is -0.214. The van der Waals surface area contributed by atoms with Gasteiger partial charge < -0.3 is 4.74 Å². The first-order valence-corrected chi connectivity index (χ1v) is 5.22. The molecule has 0 N–H and O–H groups in total. The summed E-state index contributed by atoms with van der Waals surface area (Å²) in [6.45, 7) is 0. The molecule has 82 valence electrons. The Hall–Kier alpha value is -1.30. The van der Waals surface area contributed by atoms with Crippen LogP contribution in [-0.2, 0) is 14.3 Å². The molecule has 2 atom stereocenters. The molecule has 2 unspecified atom stereocenters. The van der Waals surface area contributed by atoms with Crippen molar-refractivity contribution >= 4 is 11.8 Å². The van der Waals surface area contributed by atoms with Gasteiger partial charge in [-0.1, -0.05) is 0 Å². The third-order valence-corrected chi connectivity index (χ3v) is 3.03. The second-order valence-corrected chi connectivity index (χ2v) is 3.89. The van der Waals surface area contributed by atoms with E-state index in [1.165, 1.54) is 7.11 Å². The summed E-state index contributed by atoms with van der Waals surface area (Å²) in [5, 5.41) is 0. The number of hydrogen-bond donors (Lipinski definition) is 0. The highest BCUT2D eigenvalue weighted by Crippen LogP contribution is 2.34. The predicted octanol–water partition coefficient (Wildman–Crippen LogP) is 1.56. The maximum atomic E-state index is 11.5. The average molecular weight is 208 g/mol. The highest BCUT2D eigenvalue weighted by Gasteiger charge is 2.33. The van der Waals surface area contributed by atoms with E-state index >= 15 is 0 Å². The quantitative estimate of drug-likeness (QED) is 0.520. The third kappa shape index (κ3) is 3.09. The second kappa shape index (κ2) is 5.55. The van der Waals surface area contributed by atoms with E-state index in [4.69, 9.17) is 6.42 Å². The Morgan fingerprint density at radius 2 is 2.40 bits per heavy atom. The van der Waals surface area contributed by atoms with Crippen LogP contribution in [0.25, 0.3) is 0 Å². The summed E-state index contributed by atoms with van der Waals surface area (Å²) in [7, 11) is 1.38. The van der Waals surface area contributed by atoms with Gasteiger partial charge in [0.2, 0.25) is 0 Å². The minimum Gasteiger partial charge on any atom is -0.469 e. The van der Waals surface area contributed by atoms with Crippen LogP contribution >= 0.6 is 0 Å². The first-order valence-electron chi connectivity index (χ1n) is 5.22. The number of carbonyl (C=O) groups is 2. The fraction of sp³-hybridized carbons (Fsp3) is 0.667. The molecule has 0 spiro atoms. The van der Waals surface area contributed by atoms with Gasteiger partial charge in [0.25, 0.3) is 0 Å². The maximum Gasteiger partial charge on any atom is 0.305 e. The van der Waals surface area contributed by atoms with E-state index in [-0.39, 0.29) is 23.6 Å². The number of methoxy groups -OCH3 is 1. The number of ketones is 1. The van der Waals surface area contributed by atoms with Crippen LogP contribution in [0, 0.1) is 24.2 Å². The Morgan fingerprint density at radius 1 is 1.67 bits per heavy atom. The summed E-state index contributed by atoms with van der Waals surface area (Å²) in [6.07, 6.45) is 8.30. The van der Waals surface area contributed by atoms with Gasteiger partial charge in [0.05, 0.1) is 7.11 Å². The van der Waals surface area contributed by atoms with Crippen LogP contribution in [0.1, 0.15) is 32.1 Å². The Bertz CT molecular complexity index is 288. The van der Waals surface area contributed by atoms with Gasteiger partial charge in [-0.15, -0.1) is 12.3 Å². The fourth-order valence-corrected chi connectivity index (χ4v) is 2.14. The van der Waals surface area contributed by atoms with Gasteiger partial charge in [0.15, 0.2) is 0 Å². The molecule has 1 rings (SSSR count). The van der Waals surface area contributed by atoms with Crippen LogP contribution in [-0.4, -0.2) is 18.9 Å². The van der Waals surface area contributed by atoms with Gasteiger partial charge >= 0.3 is 5.97 Å². The summed E-state index contributed by atoms with van der Waals surface area (Å²) in [5.74, 6) is 2.82. The summed E-state index contributed by atoms with van der Waals surface area (Å²) < 4.78 is 4.57. The summed E-state index contributed by atoms with van der Waals surface area (Å²) in [6, 6.07) is 0. The number of carbonyl (C=O) groups excluding carboxylic acids is 2. The molecule has 1 aliphatic carbocycles. The van der Waals surface area contributed by atoms with Crippen molar-refractivity contribution in [2.45, 2.75) is 32.1 Å². The van der Waals surface area contributed by atoms with Crippen LogP contribution in [0.4, 0.5) is 0 Å². The zero-order valence-electron chi connectivity index (χ0n) is 8.99. The Balaban J connectivity index is 2.44. The fourth-order valence-electron chi connectivity index (χ4n) is 2.14. The first-order chi connectivity index (χ1) is 7.19. The Kier molecular flexibility index (Phi) is 4.36. The smallest absolute Gasteiger partial charge is 0.305 e. The van der Waals surface area contributed by atoms with Crippen LogP contribution < -0.4 is 0 Å². The number of rotatable bonds is 4. The van der Waals surface area contributed by atoms with Crippen molar-refractivity contribution < 1.29 is 14.3 Å². The van der Waals surface area contributed by atoms with Crippen molar-refractivity contribution in [2.75, 3.05) is 7.11 Å². The number of hydrogen-bond acceptors (Lipinski definition) is 3. The van der Waals surface area contributed by atoms with E-state index in [0.29, 0.717) is 25.7 Å². The van der Waals surface area contributed by atoms with E-state index < -0.39 is 0 Å². The van der Waals surface area contributed by atoms with Gasteiger partial charge in [-0.2, -0.15) is 0 Å². The topological polar surface area (TPSA) is 43.4 Å². The predicted molar refractivity (Wildman–Crippen MR) is 55.9 cm³/mol. The summed E-state index contributed by atoms with van der Waals surface area (Å²) >= 11 is 0. The molecule has 0 aliphatic heterocycles. The Labute approximate surface area is 90.2 Å². The molecular formula is C12H16O3. The van der Waals surface area contributed by atoms with Gasteiger partial charge in [-0.3, -0.25) is 9.59 Å². The van der Waals surface area contributed by atoms with Crippen molar-refractivity contribution in [3.05, 3.63) is 0 Å². The molecule has 0 radical (unpaired) electrons. The molecule has 0 aromatic rings. The van der Waals surface area contributed by atoms with Gasteiger partial charge in [-0.05, 0) is 18.8 Å². The van der Waals surface area contributed by atoms with Crippen molar-refractivity contribution in [3.8, 4) is 12.3 Å². The second-order valence-electron chi connectivity index (χ2n) is 3.89. The van der Waals surface area contributed by atoms with Crippen LogP contribution in [0.5, 0.6) is 0 Å². The normalized spacial score (nSPS) is 24.9. The SMILES string of the molecule is C#CCC1C(=O)CCC1CCC(=O)OC. The lowest BCUT2D eigenvalue weighted by atomic mass is 9.89. The molecule has 3 heteroatoms. The highest BCUT2D eigenvalue weighted by atomic mass is 16.5. The van der Waals surface area contributed by atoms with Crippen molar-refractivity contribution in [3.63, 3.8) is 0 Å². The van der Waals surface area contributed by atoms with E-state index in [0.717, 1.165) is 6.42 Å². The van der Waals surface area contributed by atoms with Crippen LogP contribution in [0.3, 0.4) is 0 Å². The van der Waals surface area contributed by atoms with Crippen molar-refractivity contribution in [1.29, 1.82) is 0 Å². The third-order valence-electron chi connectivity index (χ3n) is 3.03. The summed E-state index contributed by atoms with van der Waals surface area (Å²) in [5.41, 5.74) is 0. The molecule has 0 heterocycles.